The van der Waals surface area contributed by atoms with Crippen molar-refractivity contribution in [2.75, 3.05) is 18.4 Å². The molecular weight excluding hydrogens is 339 g/mol. The molecule has 3 nitrogen and oxygen atoms in total. The lowest BCUT2D eigenvalue weighted by atomic mass is 10.0. The highest BCUT2D eigenvalue weighted by Gasteiger charge is 2.15. The predicted octanol–water partition coefficient (Wildman–Crippen LogP) is 5.45. The Balaban J connectivity index is 1.61. The lowest BCUT2D eigenvalue weighted by Gasteiger charge is -2.17. The van der Waals surface area contributed by atoms with Crippen LogP contribution in [-0.4, -0.2) is 19.1 Å². The van der Waals surface area contributed by atoms with E-state index in [9.17, 15) is 4.39 Å². The van der Waals surface area contributed by atoms with Crippen molar-refractivity contribution in [1.82, 2.24) is 5.32 Å². The molecule has 3 aromatic rings. The van der Waals surface area contributed by atoms with E-state index in [0.29, 0.717) is 11.8 Å². The number of hydrogen-bond acceptors (Lipinski definition) is 3. The van der Waals surface area contributed by atoms with Crippen molar-refractivity contribution < 1.29 is 9.13 Å². The Hall–Kier alpha value is -2.85. The fourth-order valence-corrected chi connectivity index (χ4v) is 3.36. The van der Waals surface area contributed by atoms with Crippen LogP contribution < -0.4 is 15.4 Å². The van der Waals surface area contributed by atoms with Gasteiger partial charge in [0.1, 0.15) is 11.6 Å². The van der Waals surface area contributed by atoms with Crippen LogP contribution in [0.15, 0.2) is 72.8 Å². The molecule has 0 aromatic heterocycles. The van der Waals surface area contributed by atoms with E-state index in [4.69, 9.17) is 4.74 Å². The predicted molar refractivity (Wildman–Crippen MR) is 108 cm³/mol. The van der Waals surface area contributed by atoms with Crippen molar-refractivity contribution in [3.8, 4) is 22.6 Å². The zero-order chi connectivity index (χ0) is 18.5. The number of benzene rings is 3. The van der Waals surface area contributed by atoms with Crippen LogP contribution >= 0.6 is 0 Å². The summed E-state index contributed by atoms with van der Waals surface area (Å²) in [5, 5.41) is 7.00. The highest BCUT2D eigenvalue weighted by molar-refractivity contribution is 5.71. The van der Waals surface area contributed by atoms with Gasteiger partial charge < -0.3 is 15.4 Å². The molecule has 4 heteroatoms. The molecule has 0 amide bonds. The molecule has 138 valence electrons. The summed E-state index contributed by atoms with van der Waals surface area (Å²) in [6, 6.07) is 23.0. The quantitative estimate of drug-likeness (QED) is 0.612. The van der Waals surface area contributed by atoms with Gasteiger partial charge in [-0.25, -0.2) is 4.39 Å². The molecule has 0 aliphatic carbocycles. The monoisotopic (exact) mass is 362 g/mol. The number of hydrogen-bond donors (Lipinski definition) is 2. The van der Waals surface area contributed by atoms with Crippen LogP contribution in [0.2, 0.25) is 0 Å². The first-order valence-electron chi connectivity index (χ1n) is 9.38. The third kappa shape index (κ3) is 4.47. The van der Waals surface area contributed by atoms with Crippen LogP contribution in [0.4, 0.5) is 10.1 Å². The Morgan fingerprint density at radius 1 is 0.963 bits per heavy atom. The number of rotatable bonds is 6. The average molecular weight is 362 g/mol. The highest BCUT2D eigenvalue weighted by Crippen LogP contribution is 2.34. The summed E-state index contributed by atoms with van der Waals surface area (Å²) < 4.78 is 19.3. The number of anilines is 1. The maximum absolute atomic E-state index is 13.2. The Bertz CT molecular complexity index is 875. The molecule has 0 radical (unpaired) electrons. The minimum absolute atomic E-state index is 0.272. The molecule has 0 bridgehead atoms. The van der Waals surface area contributed by atoms with E-state index in [1.165, 1.54) is 25.0 Å². The normalized spacial score (nSPS) is 16.3. The van der Waals surface area contributed by atoms with E-state index in [-0.39, 0.29) is 5.82 Å². The first-order chi connectivity index (χ1) is 13.3. The van der Waals surface area contributed by atoms with Gasteiger partial charge in [-0.15, -0.1) is 0 Å². The van der Waals surface area contributed by atoms with E-state index in [2.05, 4.69) is 34.9 Å². The summed E-state index contributed by atoms with van der Waals surface area (Å²) >= 11 is 0. The first-order valence-corrected chi connectivity index (χ1v) is 9.38. The minimum atomic E-state index is -0.272. The summed E-state index contributed by atoms with van der Waals surface area (Å²) in [6.45, 7) is 1.93. The van der Waals surface area contributed by atoms with E-state index >= 15 is 0 Å². The molecule has 27 heavy (non-hydrogen) atoms. The SMILES string of the molecule is Fc1ccc(Oc2cc(-c3ccccc3)ccc2NC[C@@H]2CCCN2)cc1. The maximum atomic E-state index is 13.2. The lowest BCUT2D eigenvalue weighted by Crippen LogP contribution is -2.29. The number of ether oxygens (including phenoxy) is 1. The molecular formula is C23H23FN2O. The van der Waals surface area contributed by atoms with Crippen LogP contribution in [0, 0.1) is 5.82 Å². The summed E-state index contributed by atoms with van der Waals surface area (Å²) in [7, 11) is 0. The Morgan fingerprint density at radius 2 is 1.78 bits per heavy atom. The summed E-state index contributed by atoms with van der Waals surface area (Å²) in [5.41, 5.74) is 3.15. The Labute approximate surface area is 159 Å². The van der Waals surface area contributed by atoms with Crippen molar-refractivity contribution in [3.63, 3.8) is 0 Å². The van der Waals surface area contributed by atoms with E-state index in [0.717, 1.165) is 35.7 Å². The van der Waals surface area contributed by atoms with Crippen LogP contribution in [0.25, 0.3) is 11.1 Å². The molecule has 0 unspecified atom stereocenters. The van der Waals surface area contributed by atoms with Gasteiger partial charge in [-0.3, -0.25) is 0 Å². The van der Waals surface area contributed by atoms with Crippen molar-refractivity contribution in [3.05, 3.63) is 78.6 Å². The second-order valence-corrected chi connectivity index (χ2v) is 6.81. The van der Waals surface area contributed by atoms with Crippen molar-refractivity contribution in [2.24, 2.45) is 0 Å². The van der Waals surface area contributed by atoms with Gasteiger partial charge in [-0.05, 0) is 66.9 Å². The van der Waals surface area contributed by atoms with Gasteiger partial charge in [0.2, 0.25) is 0 Å². The van der Waals surface area contributed by atoms with Gasteiger partial charge >= 0.3 is 0 Å². The first kappa shape index (κ1) is 17.6. The molecule has 0 spiro atoms. The van der Waals surface area contributed by atoms with E-state index in [1.807, 2.05) is 24.3 Å². The zero-order valence-electron chi connectivity index (χ0n) is 15.1. The molecule has 4 rings (SSSR count). The topological polar surface area (TPSA) is 33.3 Å². The number of halogens is 1. The summed E-state index contributed by atoms with van der Waals surface area (Å²) in [5.74, 6) is 1.08. The van der Waals surface area contributed by atoms with Crippen molar-refractivity contribution in [1.29, 1.82) is 0 Å². The largest absolute Gasteiger partial charge is 0.455 e. The fourth-order valence-electron chi connectivity index (χ4n) is 3.36. The second-order valence-electron chi connectivity index (χ2n) is 6.81. The highest BCUT2D eigenvalue weighted by atomic mass is 19.1. The third-order valence-electron chi connectivity index (χ3n) is 4.83. The molecule has 1 aliphatic rings. The van der Waals surface area contributed by atoms with Gasteiger partial charge in [0.05, 0.1) is 5.69 Å². The standard InChI is InChI=1S/C23H23FN2O/c24-19-9-11-21(12-10-19)27-23-15-18(17-5-2-1-3-6-17)8-13-22(23)26-16-20-7-4-14-25-20/h1-3,5-6,8-13,15,20,25-26H,4,7,14,16H2/t20-/m0/s1. The fraction of sp³-hybridized carbons (Fsp3) is 0.217. The van der Waals surface area contributed by atoms with Gasteiger partial charge in [-0.2, -0.15) is 0 Å². The van der Waals surface area contributed by atoms with Gasteiger partial charge in [0, 0.05) is 12.6 Å². The summed E-state index contributed by atoms with van der Waals surface area (Å²) in [6.07, 6.45) is 2.40. The van der Waals surface area contributed by atoms with Gasteiger partial charge in [0.25, 0.3) is 0 Å². The van der Waals surface area contributed by atoms with Gasteiger partial charge in [-0.1, -0.05) is 36.4 Å². The maximum Gasteiger partial charge on any atom is 0.151 e. The lowest BCUT2D eigenvalue weighted by molar-refractivity contribution is 0.482. The van der Waals surface area contributed by atoms with Crippen molar-refractivity contribution >= 4 is 5.69 Å². The zero-order valence-corrected chi connectivity index (χ0v) is 15.1. The molecule has 1 saturated heterocycles. The smallest absolute Gasteiger partial charge is 0.151 e. The molecule has 3 aromatic carbocycles. The molecule has 1 aliphatic heterocycles. The summed E-state index contributed by atoms with van der Waals surface area (Å²) in [4.78, 5) is 0. The average Bonchev–Trinajstić information content (AvgIpc) is 3.23. The molecule has 2 N–H and O–H groups in total. The molecule has 1 heterocycles. The van der Waals surface area contributed by atoms with Crippen LogP contribution in [0.3, 0.4) is 0 Å². The van der Waals surface area contributed by atoms with Crippen LogP contribution in [0.5, 0.6) is 11.5 Å². The minimum Gasteiger partial charge on any atom is -0.455 e. The number of nitrogens with one attached hydrogen (secondary N) is 2. The van der Waals surface area contributed by atoms with E-state index in [1.54, 1.807) is 12.1 Å². The van der Waals surface area contributed by atoms with Crippen LogP contribution in [0.1, 0.15) is 12.8 Å². The van der Waals surface area contributed by atoms with Crippen molar-refractivity contribution in [2.45, 2.75) is 18.9 Å². The Kier molecular flexibility index (Phi) is 5.35. The van der Waals surface area contributed by atoms with Crippen LogP contribution in [-0.2, 0) is 0 Å². The molecule has 1 fully saturated rings. The van der Waals surface area contributed by atoms with Gasteiger partial charge in [0.15, 0.2) is 5.75 Å². The molecule has 0 saturated carbocycles. The van der Waals surface area contributed by atoms with E-state index < -0.39 is 0 Å². The molecule has 1 atom stereocenters. The second kappa shape index (κ2) is 8.23. The third-order valence-corrected chi connectivity index (χ3v) is 4.83. The Morgan fingerprint density at radius 3 is 2.52 bits per heavy atom.